The molecule has 5 nitrogen and oxygen atoms in total. The highest BCUT2D eigenvalue weighted by atomic mass is 16.5. The van der Waals surface area contributed by atoms with Crippen molar-refractivity contribution in [2.45, 2.75) is 33.1 Å². The van der Waals surface area contributed by atoms with Gasteiger partial charge in [0.15, 0.2) is 0 Å². The predicted octanol–water partition coefficient (Wildman–Crippen LogP) is 6.97. The molecule has 4 aromatic rings. The average Bonchev–Trinajstić information content (AvgIpc) is 2.91. The van der Waals surface area contributed by atoms with Crippen molar-refractivity contribution in [1.29, 1.82) is 0 Å². The molecule has 4 rings (SSSR count). The largest absolute Gasteiger partial charge is 0.508 e. The van der Waals surface area contributed by atoms with Gasteiger partial charge in [0.05, 0.1) is 12.2 Å². The fraction of sp³-hybridized carbons (Fsp3) is 0.188. The van der Waals surface area contributed by atoms with Crippen LogP contribution in [0, 0.1) is 6.92 Å². The first kappa shape index (κ1) is 25.7. The molecule has 0 fully saturated rings. The molecule has 0 radical (unpaired) electrons. The number of phenols is 1. The third-order valence-corrected chi connectivity index (χ3v) is 6.30. The summed E-state index contributed by atoms with van der Waals surface area (Å²) in [4.78, 5) is 24.8. The van der Waals surface area contributed by atoms with Gasteiger partial charge in [0.1, 0.15) is 5.75 Å². The molecule has 0 spiro atoms. The maximum atomic E-state index is 12.9. The van der Waals surface area contributed by atoms with E-state index in [1.165, 1.54) is 11.1 Å². The van der Waals surface area contributed by atoms with Crippen LogP contribution in [0.15, 0.2) is 91.0 Å². The molecule has 0 saturated carbocycles. The van der Waals surface area contributed by atoms with Gasteiger partial charge in [-0.15, -0.1) is 0 Å². The van der Waals surface area contributed by atoms with E-state index in [4.69, 9.17) is 4.74 Å². The number of amides is 1. The number of rotatable bonds is 9. The van der Waals surface area contributed by atoms with Crippen LogP contribution >= 0.6 is 0 Å². The molecule has 0 heterocycles. The molecule has 0 unspecified atom stereocenters. The lowest BCUT2D eigenvalue weighted by atomic mass is 9.99. The SMILES string of the molecule is CCOC(=O)c1cccc(CCCc2cc(NC(=O)c3ccc(-c4ccc(O)cc4)cc3)ccc2C)c1. The molecule has 0 atom stereocenters. The van der Waals surface area contributed by atoms with Gasteiger partial charge < -0.3 is 15.2 Å². The van der Waals surface area contributed by atoms with E-state index in [-0.39, 0.29) is 17.6 Å². The highest BCUT2D eigenvalue weighted by Crippen LogP contribution is 2.23. The Bertz CT molecular complexity index is 1380. The Hall–Kier alpha value is -4.38. The second-order valence-electron chi connectivity index (χ2n) is 8.99. The Morgan fingerprint density at radius 2 is 1.51 bits per heavy atom. The lowest BCUT2D eigenvalue weighted by Crippen LogP contribution is -2.12. The number of benzene rings is 4. The topological polar surface area (TPSA) is 75.6 Å². The molecule has 0 aliphatic rings. The van der Waals surface area contributed by atoms with Crippen LogP contribution in [-0.4, -0.2) is 23.6 Å². The van der Waals surface area contributed by atoms with Crippen LogP contribution in [0.1, 0.15) is 50.8 Å². The minimum Gasteiger partial charge on any atom is -0.508 e. The summed E-state index contributed by atoms with van der Waals surface area (Å²) in [6, 6.07) is 28.0. The monoisotopic (exact) mass is 493 g/mol. The second kappa shape index (κ2) is 12.0. The first-order valence-electron chi connectivity index (χ1n) is 12.5. The summed E-state index contributed by atoms with van der Waals surface area (Å²) in [7, 11) is 0. The van der Waals surface area contributed by atoms with Crippen LogP contribution in [0.4, 0.5) is 5.69 Å². The maximum Gasteiger partial charge on any atom is 0.338 e. The van der Waals surface area contributed by atoms with E-state index < -0.39 is 0 Å². The molecule has 0 saturated heterocycles. The number of aromatic hydroxyl groups is 1. The summed E-state index contributed by atoms with van der Waals surface area (Å²) in [5, 5.41) is 12.5. The lowest BCUT2D eigenvalue weighted by molar-refractivity contribution is 0.0526. The Morgan fingerprint density at radius 3 is 2.22 bits per heavy atom. The van der Waals surface area contributed by atoms with E-state index in [1.807, 2.05) is 60.7 Å². The molecule has 0 bridgehead atoms. The fourth-order valence-corrected chi connectivity index (χ4v) is 4.24. The third kappa shape index (κ3) is 6.85. The van der Waals surface area contributed by atoms with Crippen LogP contribution < -0.4 is 5.32 Å². The van der Waals surface area contributed by atoms with Crippen molar-refractivity contribution in [2.24, 2.45) is 0 Å². The van der Waals surface area contributed by atoms with Gasteiger partial charge in [-0.3, -0.25) is 4.79 Å². The molecule has 0 aliphatic carbocycles. The zero-order valence-electron chi connectivity index (χ0n) is 21.2. The van der Waals surface area contributed by atoms with Crippen molar-refractivity contribution < 1.29 is 19.4 Å². The smallest absolute Gasteiger partial charge is 0.338 e. The van der Waals surface area contributed by atoms with Gasteiger partial charge in [-0.1, -0.05) is 42.5 Å². The number of nitrogens with one attached hydrogen (secondary N) is 1. The quantitative estimate of drug-likeness (QED) is 0.247. The van der Waals surface area contributed by atoms with E-state index >= 15 is 0 Å². The Labute approximate surface area is 217 Å². The molecule has 1 amide bonds. The van der Waals surface area contributed by atoms with Crippen molar-refractivity contribution >= 4 is 17.6 Å². The average molecular weight is 494 g/mol. The Morgan fingerprint density at radius 1 is 0.811 bits per heavy atom. The maximum absolute atomic E-state index is 12.9. The number of hydrogen-bond donors (Lipinski definition) is 2. The van der Waals surface area contributed by atoms with Crippen molar-refractivity contribution in [3.05, 3.63) is 119 Å². The van der Waals surface area contributed by atoms with Gasteiger partial charge >= 0.3 is 5.97 Å². The van der Waals surface area contributed by atoms with Crippen molar-refractivity contribution in [1.82, 2.24) is 0 Å². The first-order chi connectivity index (χ1) is 17.9. The van der Waals surface area contributed by atoms with E-state index in [0.29, 0.717) is 17.7 Å². The number of phenolic OH excluding ortho intramolecular Hbond substituents is 1. The number of hydrogen-bond acceptors (Lipinski definition) is 4. The highest BCUT2D eigenvalue weighted by Gasteiger charge is 2.10. The number of carbonyl (C=O) groups is 2. The van der Waals surface area contributed by atoms with Gasteiger partial charge in [-0.25, -0.2) is 4.79 Å². The molecule has 0 aromatic heterocycles. The van der Waals surface area contributed by atoms with Crippen LogP contribution in [0.5, 0.6) is 5.75 Å². The van der Waals surface area contributed by atoms with Crippen LogP contribution in [-0.2, 0) is 17.6 Å². The minimum absolute atomic E-state index is 0.164. The van der Waals surface area contributed by atoms with E-state index in [1.54, 1.807) is 37.3 Å². The number of ether oxygens (including phenoxy) is 1. The summed E-state index contributed by atoms with van der Waals surface area (Å²) >= 11 is 0. The van der Waals surface area contributed by atoms with E-state index in [9.17, 15) is 14.7 Å². The molecule has 5 heteroatoms. The van der Waals surface area contributed by atoms with Gasteiger partial charge in [0.2, 0.25) is 0 Å². The van der Waals surface area contributed by atoms with Gasteiger partial charge in [0, 0.05) is 11.3 Å². The molecular formula is C32H31NO4. The predicted molar refractivity (Wildman–Crippen MR) is 147 cm³/mol. The van der Waals surface area contributed by atoms with E-state index in [2.05, 4.69) is 12.2 Å². The van der Waals surface area contributed by atoms with Gasteiger partial charge in [0.25, 0.3) is 5.91 Å². The molecular weight excluding hydrogens is 462 g/mol. The normalized spacial score (nSPS) is 10.6. The molecule has 37 heavy (non-hydrogen) atoms. The van der Waals surface area contributed by atoms with Crippen molar-refractivity contribution in [3.8, 4) is 16.9 Å². The van der Waals surface area contributed by atoms with E-state index in [0.717, 1.165) is 41.6 Å². The fourth-order valence-electron chi connectivity index (χ4n) is 4.24. The summed E-state index contributed by atoms with van der Waals surface area (Å²) in [5.41, 5.74) is 7.32. The summed E-state index contributed by atoms with van der Waals surface area (Å²) in [5.74, 6) is -0.234. The van der Waals surface area contributed by atoms with Gasteiger partial charge in [-0.05, 0) is 109 Å². The second-order valence-corrected chi connectivity index (χ2v) is 8.99. The molecule has 0 aliphatic heterocycles. The van der Waals surface area contributed by atoms with Crippen LogP contribution in [0.2, 0.25) is 0 Å². The number of esters is 1. The number of carbonyl (C=O) groups excluding carboxylic acids is 2. The van der Waals surface area contributed by atoms with Crippen LogP contribution in [0.3, 0.4) is 0 Å². The van der Waals surface area contributed by atoms with Crippen LogP contribution in [0.25, 0.3) is 11.1 Å². The van der Waals surface area contributed by atoms with Crippen molar-refractivity contribution in [3.63, 3.8) is 0 Å². The highest BCUT2D eigenvalue weighted by molar-refractivity contribution is 6.04. The summed E-state index contributed by atoms with van der Waals surface area (Å²) in [6.45, 7) is 4.24. The molecule has 188 valence electrons. The third-order valence-electron chi connectivity index (χ3n) is 6.30. The summed E-state index contributed by atoms with van der Waals surface area (Å²) < 4.78 is 5.10. The lowest BCUT2D eigenvalue weighted by Gasteiger charge is -2.11. The molecule has 2 N–H and O–H groups in total. The number of anilines is 1. The summed E-state index contributed by atoms with van der Waals surface area (Å²) in [6.07, 6.45) is 2.63. The van der Waals surface area contributed by atoms with Gasteiger partial charge in [-0.2, -0.15) is 0 Å². The Kier molecular flexibility index (Phi) is 8.37. The zero-order chi connectivity index (χ0) is 26.2. The minimum atomic E-state index is -0.293. The molecule has 4 aromatic carbocycles. The standard InChI is InChI=1S/C32H31NO4/c1-3-37-32(36)28-9-5-7-23(20-28)6-4-8-27-21-29(17-10-22(27)2)33-31(35)26-13-11-24(12-14-26)25-15-18-30(34)19-16-25/h5,7,9-21,34H,3-4,6,8H2,1-2H3,(H,33,35). The number of aryl methyl sites for hydroxylation is 3. The first-order valence-corrected chi connectivity index (χ1v) is 12.5. The zero-order valence-corrected chi connectivity index (χ0v) is 21.2. The Balaban J connectivity index is 1.36. The van der Waals surface area contributed by atoms with Crippen molar-refractivity contribution in [2.75, 3.05) is 11.9 Å².